The Kier molecular flexibility index (Phi) is 2.55. The molecular formula is C15H18O2. The fourth-order valence-electron chi connectivity index (χ4n) is 3.53. The number of ether oxygens (including phenoxy) is 1. The van der Waals surface area contributed by atoms with Gasteiger partial charge in [-0.05, 0) is 24.8 Å². The van der Waals surface area contributed by atoms with Gasteiger partial charge in [-0.15, -0.1) is 0 Å². The van der Waals surface area contributed by atoms with Gasteiger partial charge in [-0.3, -0.25) is 4.79 Å². The summed E-state index contributed by atoms with van der Waals surface area (Å²) in [7, 11) is 1.77. The first-order valence-electron chi connectivity index (χ1n) is 6.44. The third kappa shape index (κ3) is 1.54. The van der Waals surface area contributed by atoms with Crippen LogP contribution in [0.15, 0.2) is 24.3 Å². The highest BCUT2D eigenvalue weighted by molar-refractivity contribution is 6.03. The second-order valence-electron chi connectivity index (χ2n) is 5.25. The Morgan fingerprint density at radius 3 is 2.59 bits per heavy atom. The molecule has 2 heteroatoms. The maximum atomic E-state index is 12.5. The molecular weight excluding hydrogens is 212 g/mol. The first-order valence-corrected chi connectivity index (χ1v) is 6.44. The average Bonchev–Trinajstić information content (AvgIpc) is 2.96. The summed E-state index contributed by atoms with van der Waals surface area (Å²) in [5.41, 5.74) is 1.93. The fourth-order valence-corrected chi connectivity index (χ4v) is 3.53. The number of methoxy groups -OCH3 is 1. The Bertz CT molecular complexity index is 444. The van der Waals surface area contributed by atoms with Crippen molar-refractivity contribution < 1.29 is 9.53 Å². The predicted molar refractivity (Wildman–Crippen MR) is 66.2 cm³/mol. The van der Waals surface area contributed by atoms with Crippen molar-refractivity contribution in [2.45, 2.75) is 37.7 Å². The topological polar surface area (TPSA) is 26.3 Å². The molecule has 1 aromatic rings. The van der Waals surface area contributed by atoms with Crippen LogP contribution in [0.1, 0.15) is 41.6 Å². The van der Waals surface area contributed by atoms with Gasteiger partial charge in [-0.2, -0.15) is 0 Å². The van der Waals surface area contributed by atoms with E-state index in [2.05, 4.69) is 6.07 Å². The molecule has 1 aromatic carbocycles. The number of rotatable bonds is 2. The number of hydrogen-bond acceptors (Lipinski definition) is 2. The molecule has 1 saturated carbocycles. The molecule has 0 amide bonds. The minimum atomic E-state index is -0.184. The van der Waals surface area contributed by atoms with Crippen molar-refractivity contribution in [3.05, 3.63) is 35.4 Å². The lowest BCUT2D eigenvalue weighted by molar-refractivity contribution is -0.0410. The predicted octanol–water partition coefficient (Wildman–Crippen LogP) is 3.00. The van der Waals surface area contributed by atoms with E-state index in [0.29, 0.717) is 5.78 Å². The van der Waals surface area contributed by atoms with Crippen LogP contribution in [0.25, 0.3) is 0 Å². The Morgan fingerprint density at radius 2 is 1.94 bits per heavy atom. The maximum Gasteiger partial charge on any atom is 0.169 e. The SMILES string of the molecule is COC1(C2Cc3ccccc3C2=O)CCCC1. The highest BCUT2D eigenvalue weighted by Crippen LogP contribution is 2.44. The van der Waals surface area contributed by atoms with Gasteiger partial charge in [0.1, 0.15) is 0 Å². The maximum absolute atomic E-state index is 12.5. The quantitative estimate of drug-likeness (QED) is 0.780. The Balaban J connectivity index is 1.95. The summed E-state index contributed by atoms with van der Waals surface area (Å²) in [5.74, 6) is 0.344. The Labute approximate surface area is 102 Å². The van der Waals surface area contributed by atoms with Gasteiger partial charge in [0.05, 0.1) is 11.5 Å². The summed E-state index contributed by atoms with van der Waals surface area (Å²) in [6.07, 6.45) is 5.31. The molecule has 1 fully saturated rings. The molecule has 0 heterocycles. The lowest BCUT2D eigenvalue weighted by Gasteiger charge is -2.32. The molecule has 17 heavy (non-hydrogen) atoms. The summed E-state index contributed by atoms with van der Waals surface area (Å²) >= 11 is 0. The summed E-state index contributed by atoms with van der Waals surface area (Å²) in [6.45, 7) is 0. The van der Waals surface area contributed by atoms with E-state index < -0.39 is 0 Å². The van der Waals surface area contributed by atoms with Crippen LogP contribution in [-0.2, 0) is 11.2 Å². The third-order valence-corrected chi connectivity index (χ3v) is 4.51. The van der Waals surface area contributed by atoms with Gasteiger partial charge in [0, 0.05) is 12.7 Å². The van der Waals surface area contributed by atoms with Crippen LogP contribution >= 0.6 is 0 Å². The van der Waals surface area contributed by atoms with E-state index >= 15 is 0 Å². The number of hydrogen-bond donors (Lipinski definition) is 0. The first-order chi connectivity index (χ1) is 8.27. The number of benzene rings is 1. The molecule has 0 aliphatic heterocycles. The van der Waals surface area contributed by atoms with Crippen molar-refractivity contribution in [1.82, 2.24) is 0 Å². The monoisotopic (exact) mass is 230 g/mol. The van der Waals surface area contributed by atoms with Crippen molar-refractivity contribution in [2.24, 2.45) is 5.92 Å². The van der Waals surface area contributed by atoms with Gasteiger partial charge in [0.15, 0.2) is 5.78 Å². The van der Waals surface area contributed by atoms with Crippen LogP contribution in [0.2, 0.25) is 0 Å². The van der Waals surface area contributed by atoms with E-state index in [0.717, 1.165) is 24.8 Å². The summed E-state index contributed by atoms with van der Waals surface area (Å²) in [5, 5.41) is 0. The van der Waals surface area contributed by atoms with Gasteiger partial charge < -0.3 is 4.74 Å². The van der Waals surface area contributed by atoms with Crippen LogP contribution in [0.4, 0.5) is 0 Å². The summed E-state index contributed by atoms with van der Waals surface area (Å²) < 4.78 is 5.76. The third-order valence-electron chi connectivity index (χ3n) is 4.51. The number of ketones is 1. The lowest BCUT2D eigenvalue weighted by atomic mass is 9.82. The Hall–Kier alpha value is -1.15. The second kappa shape index (κ2) is 3.95. The Morgan fingerprint density at radius 1 is 1.24 bits per heavy atom. The van der Waals surface area contributed by atoms with Crippen LogP contribution in [-0.4, -0.2) is 18.5 Å². The molecule has 1 atom stereocenters. The number of carbonyl (C=O) groups excluding carboxylic acids is 1. The molecule has 2 aliphatic carbocycles. The van der Waals surface area contributed by atoms with E-state index in [4.69, 9.17) is 4.74 Å². The van der Waals surface area contributed by atoms with E-state index in [9.17, 15) is 4.79 Å². The normalized spacial score (nSPS) is 26.2. The van der Waals surface area contributed by atoms with Gasteiger partial charge in [0.25, 0.3) is 0 Å². The molecule has 90 valence electrons. The van der Waals surface area contributed by atoms with Crippen LogP contribution in [0.5, 0.6) is 0 Å². The minimum absolute atomic E-state index is 0.0485. The molecule has 0 N–H and O–H groups in total. The van der Waals surface area contributed by atoms with E-state index in [1.165, 1.54) is 18.4 Å². The largest absolute Gasteiger partial charge is 0.377 e. The van der Waals surface area contributed by atoms with Crippen molar-refractivity contribution in [1.29, 1.82) is 0 Å². The standard InChI is InChI=1S/C15H18O2/c1-17-15(8-4-5-9-15)13-10-11-6-2-3-7-12(11)14(13)16/h2-3,6-7,13H,4-5,8-10H2,1H3. The zero-order valence-corrected chi connectivity index (χ0v) is 10.2. The second-order valence-corrected chi connectivity index (χ2v) is 5.25. The highest BCUT2D eigenvalue weighted by Gasteiger charge is 2.48. The van der Waals surface area contributed by atoms with E-state index in [-0.39, 0.29) is 11.5 Å². The van der Waals surface area contributed by atoms with Gasteiger partial charge in [0.2, 0.25) is 0 Å². The zero-order chi connectivity index (χ0) is 11.9. The molecule has 2 aliphatic rings. The number of carbonyl (C=O) groups is 1. The summed E-state index contributed by atoms with van der Waals surface area (Å²) in [6, 6.07) is 8.00. The molecule has 0 bridgehead atoms. The fraction of sp³-hybridized carbons (Fsp3) is 0.533. The average molecular weight is 230 g/mol. The molecule has 3 rings (SSSR count). The van der Waals surface area contributed by atoms with Crippen LogP contribution in [0.3, 0.4) is 0 Å². The molecule has 0 radical (unpaired) electrons. The van der Waals surface area contributed by atoms with Crippen molar-refractivity contribution >= 4 is 5.78 Å². The van der Waals surface area contributed by atoms with Crippen molar-refractivity contribution in [2.75, 3.05) is 7.11 Å². The van der Waals surface area contributed by atoms with Gasteiger partial charge >= 0.3 is 0 Å². The zero-order valence-electron chi connectivity index (χ0n) is 10.2. The van der Waals surface area contributed by atoms with Crippen molar-refractivity contribution in [3.8, 4) is 0 Å². The van der Waals surface area contributed by atoms with Crippen LogP contribution < -0.4 is 0 Å². The number of Topliss-reactive ketones (excluding diaryl/α,β-unsaturated/α-hetero) is 1. The first kappa shape index (κ1) is 11.0. The highest BCUT2D eigenvalue weighted by atomic mass is 16.5. The molecule has 0 spiro atoms. The smallest absolute Gasteiger partial charge is 0.169 e. The molecule has 1 unspecified atom stereocenters. The van der Waals surface area contributed by atoms with Crippen molar-refractivity contribution in [3.63, 3.8) is 0 Å². The van der Waals surface area contributed by atoms with Crippen LogP contribution in [0, 0.1) is 5.92 Å². The number of fused-ring (bicyclic) bond motifs is 1. The van der Waals surface area contributed by atoms with Gasteiger partial charge in [-0.1, -0.05) is 37.1 Å². The molecule has 0 saturated heterocycles. The summed E-state index contributed by atoms with van der Waals surface area (Å²) in [4.78, 5) is 12.5. The van der Waals surface area contributed by atoms with Gasteiger partial charge in [-0.25, -0.2) is 0 Å². The molecule has 0 aromatic heterocycles. The minimum Gasteiger partial charge on any atom is -0.377 e. The van der Waals surface area contributed by atoms with E-state index in [1.54, 1.807) is 7.11 Å². The lowest BCUT2D eigenvalue weighted by Crippen LogP contribution is -2.40. The van der Waals surface area contributed by atoms with E-state index in [1.807, 2.05) is 18.2 Å². The molecule has 2 nitrogen and oxygen atoms in total.